The zero-order valence-electron chi connectivity index (χ0n) is 15.8. The van der Waals surface area contributed by atoms with Crippen molar-refractivity contribution in [2.24, 2.45) is 0 Å². The minimum absolute atomic E-state index is 0.185. The number of amides is 2. The highest BCUT2D eigenvalue weighted by atomic mass is 16.2. The molecule has 2 unspecified atom stereocenters. The summed E-state index contributed by atoms with van der Waals surface area (Å²) in [6, 6.07) is 15.8. The number of hydrogen-bond acceptors (Lipinski definition) is 4. The molecule has 0 spiro atoms. The van der Waals surface area contributed by atoms with Crippen LogP contribution in [0, 0.1) is 0 Å². The Hall–Kier alpha value is -3.74. The fraction of sp³-hybridized carbons (Fsp3) is 0.182. The van der Waals surface area contributed by atoms with E-state index in [-0.39, 0.29) is 11.3 Å². The summed E-state index contributed by atoms with van der Waals surface area (Å²) in [5.74, 6) is -0.694. The summed E-state index contributed by atoms with van der Waals surface area (Å²) in [4.78, 5) is 50.3. The van der Waals surface area contributed by atoms with Crippen LogP contribution in [0.25, 0.3) is 10.9 Å². The van der Waals surface area contributed by atoms with Crippen LogP contribution in [0.4, 0.5) is 0 Å². The number of H-pyrrole nitrogens is 1. The highest BCUT2D eigenvalue weighted by molar-refractivity contribution is 5.92. The number of rotatable bonds is 8. The zero-order chi connectivity index (χ0) is 20.8. The van der Waals surface area contributed by atoms with E-state index in [0.717, 1.165) is 10.9 Å². The van der Waals surface area contributed by atoms with Crippen LogP contribution in [0.2, 0.25) is 0 Å². The molecule has 0 bridgehead atoms. The van der Waals surface area contributed by atoms with E-state index in [1.54, 1.807) is 24.3 Å². The summed E-state index contributed by atoms with van der Waals surface area (Å²) in [5.41, 5.74) is 1.69. The van der Waals surface area contributed by atoms with Gasteiger partial charge in [0.05, 0.1) is 6.04 Å². The largest absolute Gasteiger partial charge is 0.344 e. The Kier molecular flexibility index (Phi) is 6.19. The lowest BCUT2D eigenvalue weighted by molar-refractivity contribution is -0.129. The van der Waals surface area contributed by atoms with Crippen molar-refractivity contribution in [1.29, 1.82) is 0 Å². The van der Waals surface area contributed by atoms with Gasteiger partial charge in [-0.05, 0) is 42.0 Å². The molecule has 3 rings (SSSR count). The van der Waals surface area contributed by atoms with Crippen LogP contribution in [0.3, 0.4) is 0 Å². The van der Waals surface area contributed by atoms with Gasteiger partial charge in [0.15, 0.2) is 5.78 Å². The van der Waals surface area contributed by atoms with E-state index in [2.05, 4.69) is 15.6 Å². The average Bonchev–Trinajstić information content (AvgIpc) is 2.71. The zero-order valence-corrected chi connectivity index (χ0v) is 15.8. The topological polar surface area (TPSA) is 108 Å². The number of pyridine rings is 1. The maximum absolute atomic E-state index is 12.9. The summed E-state index contributed by atoms with van der Waals surface area (Å²) in [6.07, 6.45) is 0.781. The molecule has 7 heteroatoms. The first-order valence-electron chi connectivity index (χ1n) is 9.15. The van der Waals surface area contributed by atoms with E-state index in [9.17, 15) is 19.2 Å². The van der Waals surface area contributed by atoms with Gasteiger partial charge in [-0.15, -0.1) is 0 Å². The van der Waals surface area contributed by atoms with Crippen molar-refractivity contribution in [1.82, 2.24) is 15.6 Å². The number of ketones is 1. The molecule has 3 aromatic rings. The fourth-order valence-corrected chi connectivity index (χ4v) is 3.14. The van der Waals surface area contributed by atoms with Gasteiger partial charge in [0.1, 0.15) is 6.04 Å². The van der Waals surface area contributed by atoms with Crippen LogP contribution in [0.1, 0.15) is 24.1 Å². The summed E-state index contributed by atoms with van der Waals surface area (Å²) in [7, 11) is 0. The first-order valence-corrected chi connectivity index (χ1v) is 9.15. The Balaban J connectivity index is 1.85. The van der Waals surface area contributed by atoms with Gasteiger partial charge in [-0.2, -0.15) is 0 Å². The molecule has 7 nitrogen and oxygen atoms in total. The SMILES string of the molecule is CC(=O)C(Cc1ccccc1)NC(=O)C(NC=O)c1ccc2ccc(=O)[nH]c2c1. The highest BCUT2D eigenvalue weighted by Crippen LogP contribution is 2.19. The second-order valence-electron chi connectivity index (χ2n) is 6.75. The van der Waals surface area contributed by atoms with Crippen molar-refractivity contribution in [2.45, 2.75) is 25.4 Å². The molecule has 148 valence electrons. The predicted octanol–water partition coefficient (Wildman–Crippen LogP) is 1.63. The van der Waals surface area contributed by atoms with Crippen LogP contribution in [-0.2, 0) is 20.8 Å². The molecule has 3 N–H and O–H groups in total. The van der Waals surface area contributed by atoms with E-state index in [4.69, 9.17) is 0 Å². The Morgan fingerprint density at radius 1 is 1.07 bits per heavy atom. The van der Waals surface area contributed by atoms with Gasteiger partial charge >= 0.3 is 0 Å². The van der Waals surface area contributed by atoms with Crippen molar-refractivity contribution in [2.75, 3.05) is 0 Å². The van der Waals surface area contributed by atoms with Gasteiger partial charge in [0.25, 0.3) is 0 Å². The number of Topliss-reactive ketones (excluding diaryl/α,β-unsaturated/α-hetero) is 1. The maximum atomic E-state index is 12.9. The molecule has 0 aliphatic heterocycles. The lowest BCUT2D eigenvalue weighted by Crippen LogP contribution is -2.46. The third kappa shape index (κ3) is 4.95. The first-order chi connectivity index (χ1) is 14.0. The van der Waals surface area contributed by atoms with Crippen LogP contribution >= 0.6 is 0 Å². The molecule has 1 aromatic heterocycles. The Morgan fingerprint density at radius 2 is 1.79 bits per heavy atom. The lowest BCUT2D eigenvalue weighted by Gasteiger charge is -2.21. The number of nitrogens with one attached hydrogen (secondary N) is 3. The monoisotopic (exact) mass is 391 g/mol. The third-order valence-electron chi connectivity index (χ3n) is 4.67. The second kappa shape index (κ2) is 8.97. The van der Waals surface area contributed by atoms with E-state index in [1.807, 2.05) is 30.3 Å². The van der Waals surface area contributed by atoms with Crippen LogP contribution in [-0.4, -0.2) is 29.1 Å². The Bertz CT molecular complexity index is 1090. The summed E-state index contributed by atoms with van der Waals surface area (Å²) >= 11 is 0. The minimum Gasteiger partial charge on any atom is -0.344 e. The smallest absolute Gasteiger partial charge is 0.248 e. The van der Waals surface area contributed by atoms with E-state index >= 15 is 0 Å². The molecule has 2 atom stereocenters. The molecule has 0 fully saturated rings. The van der Waals surface area contributed by atoms with Gasteiger partial charge in [-0.1, -0.05) is 42.5 Å². The van der Waals surface area contributed by atoms with Crippen molar-refractivity contribution in [3.63, 3.8) is 0 Å². The van der Waals surface area contributed by atoms with Gasteiger partial charge < -0.3 is 15.6 Å². The standard InChI is InChI=1S/C22H21N3O4/c1-14(27)18(11-15-5-3-2-4-6-15)25-22(29)21(23-13-26)17-8-7-16-9-10-20(28)24-19(16)12-17/h2-10,12-13,18,21H,11H2,1H3,(H,23,26)(H,24,28)(H,25,29). The fourth-order valence-electron chi connectivity index (χ4n) is 3.14. The molecule has 0 saturated heterocycles. The normalized spacial score (nSPS) is 12.7. The minimum atomic E-state index is -1.00. The Morgan fingerprint density at radius 3 is 2.48 bits per heavy atom. The number of carbonyl (C=O) groups is 3. The van der Waals surface area contributed by atoms with Crippen molar-refractivity contribution < 1.29 is 14.4 Å². The molecule has 0 saturated carbocycles. The molecular weight excluding hydrogens is 370 g/mol. The second-order valence-corrected chi connectivity index (χ2v) is 6.75. The van der Waals surface area contributed by atoms with Crippen molar-refractivity contribution >= 4 is 29.0 Å². The van der Waals surface area contributed by atoms with Crippen LogP contribution in [0.15, 0.2) is 65.5 Å². The van der Waals surface area contributed by atoms with E-state index in [1.165, 1.54) is 13.0 Å². The van der Waals surface area contributed by atoms with Crippen LogP contribution in [0.5, 0.6) is 0 Å². The number of fused-ring (bicyclic) bond motifs is 1. The predicted molar refractivity (Wildman–Crippen MR) is 109 cm³/mol. The molecule has 1 heterocycles. The molecular formula is C22H21N3O4. The first kappa shape index (κ1) is 20.0. The number of carbonyl (C=O) groups excluding carboxylic acids is 3. The summed E-state index contributed by atoms with van der Waals surface area (Å²) in [6.45, 7) is 1.41. The van der Waals surface area contributed by atoms with Crippen LogP contribution < -0.4 is 16.2 Å². The van der Waals surface area contributed by atoms with Gasteiger partial charge in [0.2, 0.25) is 17.9 Å². The third-order valence-corrected chi connectivity index (χ3v) is 4.67. The van der Waals surface area contributed by atoms with E-state index < -0.39 is 18.0 Å². The average molecular weight is 391 g/mol. The Labute approximate surface area is 167 Å². The quantitative estimate of drug-likeness (QED) is 0.507. The molecule has 29 heavy (non-hydrogen) atoms. The van der Waals surface area contributed by atoms with Crippen molar-refractivity contribution in [3.8, 4) is 0 Å². The van der Waals surface area contributed by atoms with E-state index in [0.29, 0.717) is 23.9 Å². The highest BCUT2D eigenvalue weighted by Gasteiger charge is 2.25. The molecule has 0 radical (unpaired) electrons. The summed E-state index contributed by atoms with van der Waals surface area (Å²) < 4.78 is 0. The maximum Gasteiger partial charge on any atom is 0.248 e. The number of hydrogen-bond donors (Lipinski definition) is 3. The number of aromatic nitrogens is 1. The van der Waals surface area contributed by atoms with Gasteiger partial charge in [-0.3, -0.25) is 19.2 Å². The summed E-state index contributed by atoms with van der Waals surface area (Å²) in [5, 5.41) is 6.01. The van der Waals surface area contributed by atoms with Crippen molar-refractivity contribution in [3.05, 3.63) is 82.1 Å². The molecule has 0 aliphatic rings. The molecule has 2 aromatic carbocycles. The van der Waals surface area contributed by atoms with Gasteiger partial charge in [-0.25, -0.2) is 0 Å². The van der Waals surface area contributed by atoms with Gasteiger partial charge in [0, 0.05) is 11.6 Å². The molecule has 2 amide bonds. The lowest BCUT2D eigenvalue weighted by atomic mass is 10.0. The molecule has 0 aliphatic carbocycles. The number of benzene rings is 2. The number of aromatic amines is 1.